The van der Waals surface area contributed by atoms with Crippen LogP contribution in [-0.4, -0.2) is 34.1 Å². The van der Waals surface area contributed by atoms with E-state index in [4.69, 9.17) is 14.0 Å². The summed E-state index contributed by atoms with van der Waals surface area (Å²) in [5.41, 5.74) is 1.95. The highest BCUT2D eigenvalue weighted by atomic mass is 16.5. The second kappa shape index (κ2) is 7.97. The van der Waals surface area contributed by atoms with E-state index in [1.165, 1.54) is 10.7 Å². The largest absolute Gasteiger partial charge is 0.497 e. The first-order valence-electron chi connectivity index (χ1n) is 8.86. The Morgan fingerprint density at radius 2 is 1.76 bits per heavy atom. The molecule has 8 heteroatoms. The van der Waals surface area contributed by atoms with E-state index in [-0.39, 0.29) is 18.0 Å². The Hall–Kier alpha value is -3.94. The molecule has 2 aromatic heterocycles. The van der Waals surface area contributed by atoms with Gasteiger partial charge in [-0.25, -0.2) is 4.68 Å². The number of hydrogen-bond acceptors (Lipinski definition) is 7. The topological polar surface area (TPSA) is 92.3 Å². The van der Waals surface area contributed by atoms with Crippen LogP contribution in [0.2, 0.25) is 0 Å². The van der Waals surface area contributed by atoms with Crippen molar-refractivity contribution in [2.75, 3.05) is 14.2 Å². The summed E-state index contributed by atoms with van der Waals surface area (Å²) in [6.07, 6.45) is 0. The Kier molecular flexibility index (Phi) is 5.07. The maximum absolute atomic E-state index is 12.3. The van der Waals surface area contributed by atoms with Gasteiger partial charge in [-0.2, -0.15) is 10.1 Å². The van der Waals surface area contributed by atoms with Gasteiger partial charge in [0.1, 0.15) is 18.0 Å². The molecular formula is C21H18N4O4. The molecule has 0 atom stereocenters. The Morgan fingerprint density at radius 3 is 2.52 bits per heavy atom. The van der Waals surface area contributed by atoms with E-state index in [1.54, 1.807) is 20.3 Å². The summed E-state index contributed by atoms with van der Waals surface area (Å²) >= 11 is 0. The lowest BCUT2D eigenvalue weighted by atomic mass is 10.1. The van der Waals surface area contributed by atoms with Crippen LogP contribution in [0, 0.1) is 0 Å². The maximum Gasteiger partial charge on any atom is 0.267 e. The van der Waals surface area contributed by atoms with Gasteiger partial charge in [-0.05, 0) is 42.5 Å². The molecule has 4 aromatic rings. The number of benzene rings is 2. The van der Waals surface area contributed by atoms with Crippen LogP contribution in [0.4, 0.5) is 0 Å². The third-order valence-electron chi connectivity index (χ3n) is 4.35. The van der Waals surface area contributed by atoms with E-state index in [0.29, 0.717) is 22.8 Å². The fourth-order valence-corrected chi connectivity index (χ4v) is 2.86. The molecule has 2 heterocycles. The molecule has 0 amide bonds. The van der Waals surface area contributed by atoms with Crippen molar-refractivity contribution in [3.63, 3.8) is 0 Å². The molecule has 0 fully saturated rings. The van der Waals surface area contributed by atoms with Crippen molar-refractivity contribution in [3.8, 4) is 34.1 Å². The summed E-state index contributed by atoms with van der Waals surface area (Å²) in [7, 11) is 3.19. The minimum absolute atomic E-state index is 0.0605. The lowest BCUT2D eigenvalue weighted by Crippen LogP contribution is -2.23. The summed E-state index contributed by atoms with van der Waals surface area (Å²) in [5, 5.41) is 8.42. The van der Waals surface area contributed by atoms with Crippen LogP contribution in [-0.2, 0) is 6.54 Å². The lowest BCUT2D eigenvalue weighted by Gasteiger charge is -2.06. The molecule has 29 heavy (non-hydrogen) atoms. The van der Waals surface area contributed by atoms with Crippen molar-refractivity contribution in [1.82, 2.24) is 19.9 Å². The molecule has 4 rings (SSSR count). The van der Waals surface area contributed by atoms with E-state index < -0.39 is 0 Å². The highest BCUT2D eigenvalue weighted by Crippen LogP contribution is 2.27. The molecule has 0 aliphatic rings. The van der Waals surface area contributed by atoms with E-state index in [0.717, 1.165) is 11.3 Å². The van der Waals surface area contributed by atoms with Gasteiger partial charge in [0.05, 0.1) is 25.5 Å². The highest BCUT2D eigenvalue weighted by molar-refractivity contribution is 5.63. The number of ether oxygens (including phenoxy) is 2. The zero-order chi connectivity index (χ0) is 20.2. The summed E-state index contributed by atoms with van der Waals surface area (Å²) in [6.45, 7) is 0.0605. The van der Waals surface area contributed by atoms with Crippen molar-refractivity contribution >= 4 is 0 Å². The van der Waals surface area contributed by atoms with Crippen molar-refractivity contribution in [2.45, 2.75) is 6.54 Å². The van der Waals surface area contributed by atoms with Crippen LogP contribution in [0.15, 0.2) is 70.0 Å². The average Bonchev–Trinajstić information content (AvgIpc) is 3.23. The number of para-hydroxylation sites is 1. The minimum Gasteiger partial charge on any atom is -0.497 e. The van der Waals surface area contributed by atoms with Crippen LogP contribution in [0.25, 0.3) is 22.6 Å². The summed E-state index contributed by atoms with van der Waals surface area (Å²) in [5.74, 6) is 2.04. The first kappa shape index (κ1) is 18.4. The van der Waals surface area contributed by atoms with Gasteiger partial charge in [-0.3, -0.25) is 4.79 Å². The first-order valence-corrected chi connectivity index (χ1v) is 8.86. The second-order valence-corrected chi connectivity index (χ2v) is 6.15. The van der Waals surface area contributed by atoms with Crippen LogP contribution >= 0.6 is 0 Å². The van der Waals surface area contributed by atoms with Crippen molar-refractivity contribution in [3.05, 3.63) is 76.9 Å². The normalized spacial score (nSPS) is 10.7. The lowest BCUT2D eigenvalue weighted by molar-refractivity contribution is 0.363. The molecule has 0 bridgehead atoms. The first-order chi connectivity index (χ1) is 14.2. The van der Waals surface area contributed by atoms with Crippen LogP contribution < -0.4 is 15.0 Å². The Morgan fingerprint density at radius 1 is 0.966 bits per heavy atom. The fraction of sp³-hybridized carbons (Fsp3) is 0.143. The molecule has 146 valence electrons. The van der Waals surface area contributed by atoms with Crippen LogP contribution in [0.1, 0.15) is 5.89 Å². The molecule has 2 aromatic carbocycles. The standard InChI is InChI=1S/C21H18N4O4/c1-27-15-9-7-14(8-10-15)17-11-12-20(26)25(23-17)13-19-22-21(24-29-19)16-5-3-4-6-18(16)28-2/h3-12H,13H2,1-2H3. The number of aromatic nitrogens is 4. The van der Waals surface area contributed by atoms with Gasteiger partial charge in [0.25, 0.3) is 5.56 Å². The number of hydrogen-bond donors (Lipinski definition) is 0. The van der Waals surface area contributed by atoms with Crippen molar-refractivity contribution in [1.29, 1.82) is 0 Å². The van der Waals surface area contributed by atoms with Gasteiger partial charge in [0.2, 0.25) is 11.7 Å². The molecule has 0 radical (unpaired) electrons. The molecule has 0 unspecified atom stereocenters. The third-order valence-corrected chi connectivity index (χ3v) is 4.35. The highest BCUT2D eigenvalue weighted by Gasteiger charge is 2.14. The predicted octanol–water partition coefficient (Wildman–Crippen LogP) is 3.03. The maximum atomic E-state index is 12.3. The van der Waals surface area contributed by atoms with Gasteiger partial charge < -0.3 is 14.0 Å². The number of rotatable bonds is 6. The zero-order valence-corrected chi connectivity index (χ0v) is 15.9. The molecule has 0 N–H and O–H groups in total. The van der Waals surface area contributed by atoms with Gasteiger partial charge in [0.15, 0.2) is 0 Å². The summed E-state index contributed by atoms with van der Waals surface area (Å²) in [4.78, 5) is 16.6. The summed E-state index contributed by atoms with van der Waals surface area (Å²) in [6, 6.07) is 17.9. The fourth-order valence-electron chi connectivity index (χ4n) is 2.86. The van der Waals surface area contributed by atoms with Gasteiger partial charge >= 0.3 is 0 Å². The molecule has 8 nitrogen and oxygen atoms in total. The smallest absolute Gasteiger partial charge is 0.267 e. The number of nitrogens with zero attached hydrogens (tertiary/aromatic N) is 4. The molecule has 0 spiro atoms. The van der Waals surface area contributed by atoms with E-state index in [1.807, 2.05) is 48.5 Å². The SMILES string of the molecule is COc1ccc(-c2ccc(=O)n(Cc3nc(-c4ccccc4OC)no3)n2)cc1. The van der Waals surface area contributed by atoms with Gasteiger partial charge in [-0.15, -0.1) is 0 Å². The molecule has 0 saturated carbocycles. The number of methoxy groups -OCH3 is 2. The quantitative estimate of drug-likeness (QED) is 0.500. The summed E-state index contributed by atoms with van der Waals surface area (Å²) < 4.78 is 17.1. The molecule has 0 saturated heterocycles. The third kappa shape index (κ3) is 3.86. The molecular weight excluding hydrogens is 372 g/mol. The van der Waals surface area contributed by atoms with Gasteiger partial charge in [0, 0.05) is 11.6 Å². The van der Waals surface area contributed by atoms with Crippen molar-refractivity contribution < 1.29 is 14.0 Å². The van der Waals surface area contributed by atoms with E-state index in [2.05, 4.69) is 15.2 Å². The molecule has 0 aliphatic carbocycles. The predicted molar refractivity (Wildman–Crippen MR) is 106 cm³/mol. The van der Waals surface area contributed by atoms with Crippen LogP contribution in [0.3, 0.4) is 0 Å². The molecule has 0 aliphatic heterocycles. The van der Waals surface area contributed by atoms with Gasteiger partial charge in [-0.1, -0.05) is 17.3 Å². The zero-order valence-electron chi connectivity index (χ0n) is 15.9. The minimum atomic E-state index is -0.265. The van der Waals surface area contributed by atoms with Crippen molar-refractivity contribution in [2.24, 2.45) is 0 Å². The Balaban J connectivity index is 1.61. The average molecular weight is 390 g/mol. The monoisotopic (exact) mass is 390 g/mol. The second-order valence-electron chi connectivity index (χ2n) is 6.15. The Labute approximate surface area is 166 Å². The van der Waals surface area contributed by atoms with E-state index in [9.17, 15) is 4.79 Å². The van der Waals surface area contributed by atoms with Crippen LogP contribution in [0.5, 0.6) is 11.5 Å². The van der Waals surface area contributed by atoms with E-state index >= 15 is 0 Å². The Bertz CT molecular complexity index is 1180.